The standard InChI is InChI=1S/C31H33Cl2N3O4S/c1-19(2)17-26(30(34)37)35-31(38)25-15-16-27(21-11-13-23(32)14-12-21)36(29(25)22-8-6-9-24(33)18-22)41(39,40)28-10-5-4-7-20(28)3/h4-15,18-19,26-27,29H,16-17H2,1-3H3,(H2,34,37)(H,35,38)/t26-,27?,29-/m0/s1. The number of halogens is 2. The lowest BCUT2D eigenvalue weighted by atomic mass is 9.88. The van der Waals surface area contributed by atoms with Gasteiger partial charge in [-0.15, -0.1) is 0 Å². The number of hydrogen-bond acceptors (Lipinski definition) is 4. The number of aryl methyl sites for hydroxylation is 1. The molecule has 4 rings (SSSR count). The summed E-state index contributed by atoms with van der Waals surface area (Å²) in [5, 5.41) is 3.67. The molecule has 0 radical (unpaired) electrons. The number of amides is 2. The van der Waals surface area contributed by atoms with Gasteiger partial charge >= 0.3 is 0 Å². The zero-order valence-electron chi connectivity index (χ0n) is 23.1. The summed E-state index contributed by atoms with van der Waals surface area (Å²) in [6.45, 7) is 5.57. The number of hydrogen-bond donors (Lipinski definition) is 2. The van der Waals surface area contributed by atoms with Crippen LogP contribution in [0.1, 0.15) is 55.5 Å². The summed E-state index contributed by atoms with van der Waals surface area (Å²) in [6.07, 6.45) is 2.28. The van der Waals surface area contributed by atoms with Crippen molar-refractivity contribution in [3.05, 3.63) is 111 Å². The van der Waals surface area contributed by atoms with Crippen molar-refractivity contribution in [1.29, 1.82) is 0 Å². The van der Waals surface area contributed by atoms with Crippen LogP contribution < -0.4 is 11.1 Å². The van der Waals surface area contributed by atoms with Crippen LogP contribution in [0.2, 0.25) is 10.0 Å². The van der Waals surface area contributed by atoms with E-state index in [1.165, 1.54) is 4.31 Å². The van der Waals surface area contributed by atoms with Crippen LogP contribution in [0.5, 0.6) is 0 Å². The fraction of sp³-hybridized carbons (Fsp3) is 0.290. The van der Waals surface area contributed by atoms with E-state index < -0.39 is 40.0 Å². The third kappa shape index (κ3) is 6.84. The molecule has 2 amide bonds. The highest BCUT2D eigenvalue weighted by molar-refractivity contribution is 7.89. The van der Waals surface area contributed by atoms with E-state index in [-0.39, 0.29) is 22.8 Å². The molecule has 3 aromatic carbocycles. The molecule has 0 fully saturated rings. The summed E-state index contributed by atoms with van der Waals surface area (Å²) in [5.74, 6) is -1.14. The van der Waals surface area contributed by atoms with Crippen LogP contribution in [0.15, 0.2) is 89.3 Å². The van der Waals surface area contributed by atoms with Crippen LogP contribution in [0.4, 0.5) is 0 Å². The maximum atomic E-state index is 14.6. The van der Waals surface area contributed by atoms with Gasteiger partial charge in [0.2, 0.25) is 21.8 Å². The monoisotopic (exact) mass is 613 g/mol. The van der Waals surface area contributed by atoms with Gasteiger partial charge in [-0.2, -0.15) is 4.31 Å². The van der Waals surface area contributed by atoms with Crippen molar-refractivity contribution in [2.24, 2.45) is 11.7 Å². The SMILES string of the molecule is Cc1ccccc1S(=O)(=O)N1C(c2ccc(Cl)cc2)CC=C(C(=O)N[C@@H](CC(C)C)C(N)=O)[C@@H]1c1cccc(Cl)c1. The van der Waals surface area contributed by atoms with E-state index in [1.54, 1.807) is 85.8 Å². The van der Waals surface area contributed by atoms with Gasteiger partial charge in [0.1, 0.15) is 6.04 Å². The highest BCUT2D eigenvalue weighted by atomic mass is 35.5. The number of rotatable bonds is 9. The van der Waals surface area contributed by atoms with Crippen LogP contribution in [0.3, 0.4) is 0 Å². The van der Waals surface area contributed by atoms with Gasteiger partial charge in [0.25, 0.3) is 0 Å². The van der Waals surface area contributed by atoms with Crippen LogP contribution in [-0.4, -0.2) is 30.6 Å². The van der Waals surface area contributed by atoms with Crippen molar-refractivity contribution >= 4 is 45.0 Å². The first-order chi connectivity index (χ1) is 19.4. The number of carbonyl (C=O) groups excluding carboxylic acids is 2. The Morgan fingerprint density at radius 2 is 1.66 bits per heavy atom. The lowest BCUT2D eigenvalue weighted by Gasteiger charge is -2.41. The predicted molar refractivity (Wildman–Crippen MR) is 162 cm³/mol. The van der Waals surface area contributed by atoms with E-state index in [0.29, 0.717) is 33.2 Å². The number of carbonyl (C=O) groups is 2. The fourth-order valence-corrected chi connectivity index (χ4v) is 7.52. The summed E-state index contributed by atoms with van der Waals surface area (Å²) in [6, 6.07) is 17.9. The molecular formula is C31H33Cl2N3O4S. The molecule has 10 heteroatoms. The van der Waals surface area contributed by atoms with Gasteiger partial charge in [-0.3, -0.25) is 9.59 Å². The van der Waals surface area contributed by atoms with Crippen molar-refractivity contribution in [3.8, 4) is 0 Å². The predicted octanol–water partition coefficient (Wildman–Crippen LogP) is 6.12. The van der Waals surface area contributed by atoms with Gasteiger partial charge in [-0.1, -0.05) is 85.6 Å². The van der Waals surface area contributed by atoms with Gasteiger partial charge < -0.3 is 11.1 Å². The molecule has 7 nitrogen and oxygen atoms in total. The molecule has 3 aromatic rings. The maximum Gasteiger partial charge on any atom is 0.249 e. The van der Waals surface area contributed by atoms with Crippen molar-refractivity contribution in [2.45, 2.75) is 56.6 Å². The van der Waals surface area contributed by atoms with Crippen molar-refractivity contribution in [3.63, 3.8) is 0 Å². The highest BCUT2D eigenvalue weighted by Gasteiger charge is 2.45. The molecule has 0 saturated heterocycles. The Labute approximate surface area is 251 Å². The molecular weight excluding hydrogens is 581 g/mol. The van der Waals surface area contributed by atoms with Crippen molar-refractivity contribution in [2.75, 3.05) is 0 Å². The average Bonchev–Trinajstić information content (AvgIpc) is 2.92. The Morgan fingerprint density at radius 1 is 0.976 bits per heavy atom. The third-order valence-corrected chi connectivity index (χ3v) is 9.62. The van der Waals surface area contributed by atoms with Gasteiger partial charge in [0.05, 0.1) is 17.0 Å². The summed E-state index contributed by atoms with van der Waals surface area (Å²) >= 11 is 12.5. The Morgan fingerprint density at radius 3 is 2.27 bits per heavy atom. The molecule has 0 aliphatic carbocycles. The fourth-order valence-electron chi connectivity index (χ4n) is 5.18. The van der Waals surface area contributed by atoms with E-state index in [0.717, 1.165) is 0 Å². The number of sulfonamides is 1. The number of benzene rings is 3. The second-order valence-electron chi connectivity index (χ2n) is 10.6. The Hall–Kier alpha value is -3.17. The normalized spacial score (nSPS) is 18.5. The van der Waals surface area contributed by atoms with E-state index >= 15 is 0 Å². The third-order valence-electron chi connectivity index (χ3n) is 7.10. The maximum absolute atomic E-state index is 14.6. The molecule has 1 aliphatic rings. The van der Waals surface area contributed by atoms with E-state index in [4.69, 9.17) is 28.9 Å². The second kappa shape index (κ2) is 12.8. The van der Waals surface area contributed by atoms with Crippen molar-refractivity contribution < 1.29 is 18.0 Å². The summed E-state index contributed by atoms with van der Waals surface area (Å²) in [4.78, 5) is 26.2. The smallest absolute Gasteiger partial charge is 0.249 e. The van der Waals surface area contributed by atoms with Crippen molar-refractivity contribution in [1.82, 2.24) is 9.62 Å². The Bertz CT molecular complexity index is 1570. The first-order valence-corrected chi connectivity index (χ1v) is 15.5. The molecule has 1 unspecified atom stereocenters. The molecule has 1 aliphatic heterocycles. The lowest BCUT2D eigenvalue weighted by Crippen LogP contribution is -2.49. The molecule has 3 atom stereocenters. The van der Waals surface area contributed by atoms with Crippen LogP contribution in [0.25, 0.3) is 0 Å². The highest BCUT2D eigenvalue weighted by Crippen LogP contribution is 2.46. The van der Waals surface area contributed by atoms with E-state index in [2.05, 4.69) is 5.32 Å². The van der Waals surface area contributed by atoms with Gasteiger partial charge in [0.15, 0.2) is 0 Å². The largest absolute Gasteiger partial charge is 0.368 e. The molecule has 3 N–H and O–H groups in total. The lowest BCUT2D eigenvalue weighted by molar-refractivity contribution is -0.126. The summed E-state index contributed by atoms with van der Waals surface area (Å²) in [5.41, 5.74) is 7.59. The molecule has 0 saturated carbocycles. The molecule has 0 aromatic heterocycles. The van der Waals surface area contributed by atoms with Crippen LogP contribution in [-0.2, 0) is 19.6 Å². The number of nitrogens with one attached hydrogen (secondary N) is 1. The first kappa shape index (κ1) is 30.8. The molecule has 41 heavy (non-hydrogen) atoms. The van der Waals surface area contributed by atoms with E-state index in [9.17, 15) is 18.0 Å². The van der Waals surface area contributed by atoms with Crippen LogP contribution >= 0.6 is 23.2 Å². The van der Waals surface area contributed by atoms with Gasteiger partial charge in [-0.05, 0) is 72.7 Å². The average molecular weight is 615 g/mol. The molecule has 1 heterocycles. The zero-order valence-corrected chi connectivity index (χ0v) is 25.4. The topological polar surface area (TPSA) is 110 Å². The van der Waals surface area contributed by atoms with Gasteiger partial charge in [-0.25, -0.2) is 8.42 Å². The minimum absolute atomic E-state index is 0.0871. The van der Waals surface area contributed by atoms with E-state index in [1.807, 2.05) is 13.8 Å². The number of nitrogens with two attached hydrogens (primary N) is 1. The quantitative estimate of drug-likeness (QED) is 0.303. The molecule has 0 bridgehead atoms. The number of primary amides is 1. The Kier molecular flexibility index (Phi) is 9.59. The Balaban J connectivity index is 1.94. The molecule has 216 valence electrons. The minimum Gasteiger partial charge on any atom is -0.368 e. The summed E-state index contributed by atoms with van der Waals surface area (Å²) in [7, 11) is -4.20. The zero-order chi connectivity index (χ0) is 29.9. The second-order valence-corrected chi connectivity index (χ2v) is 13.3. The number of nitrogens with zero attached hydrogens (tertiary/aromatic N) is 1. The summed E-state index contributed by atoms with van der Waals surface area (Å²) < 4.78 is 30.6. The minimum atomic E-state index is -4.20. The van der Waals surface area contributed by atoms with Gasteiger partial charge in [0, 0.05) is 15.6 Å². The first-order valence-electron chi connectivity index (χ1n) is 13.3. The molecule has 0 spiro atoms. The van der Waals surface area contributed by atoms with Crippen LogP contribution in [0, 0.1) is 12.8 Å².